The van der Waals surface area contributed by atoms with Gasteiger partial charge in [0.25, 0.3) is 0 Å². The van der Waals surface area contributed by atoms with Crippen LogP contribution < -0.4 is 10.7 Å². The zero-order valence-corrected chi connectivity index (χ0v) is 15.6. The van der Waals surface area contributed by atoms with Crippen LogP contribution in [0.2, 0.25) is 5.02 Å². The highest BCUT2D eigenvalue weighted by Gasteiger charge is 2.11. The van der Waals surface area contributed by atoms with Crippen LogP contribution in [-0.4, -0.2) is 30.8 Å². The summed E-state index contributed by atoms with van der Waals surface area (Å²) in [4.78, 5) is 7.63. The first-order valence-electron chi connectivity index (χ1n) is 8.59. The van der Waals surface area contributed by atoms with E-state index in [1.807, 2.05) is 42.6 Å². The number of hydrogen-bond donors (Lipinski definition) is 3. The van der Waals surface area contributed by atoms with Crippen molar-refractivity contribution in [3.05, 3.63) is 59.1 Å². The molecule has 6 heteroatoms. The van der Waals surface area contributed by atoms with Gasteiger partial charge < -0.3 is 10.3 Å². The summed E-state index contributed by atoms with van der Waals surface area (Å²) >= 11 is 6.03. The third kappa shape index (κ3) is 4.06. The van der Waals surface area contributed by atoms with Crippen molar-refractivity contribution in [3.8, 4) is 11.3 Å². The third-order valence-electron chi connectivity index (χ3n) is 4.01. The van der Waals surface area contributed by atoms with Crippen molar-refractivity contribution in [1.29, 1.82) is 0 Å². The van der Waals surface area contributed by atoms with Gasteiger partial charge in [-0.25, -0.2) is 5.43 Å². The van der Waals surface area contributed by atoms with E-state index in [2.05, 4.69) is 44.9 Å². The molecule has 0 amide bonds. The highest BCUT2D eigenvalue weighted by molar-refractivity contribution is 6.30. The standard InChI is InChI=1S/C20H22ClN5/c1-3-12-23-20(22-2)26-24-13-17-16-6-4-5-7-18(16)25-19(17)14-8-10-15(21)11-9-14/h4-11,13,25H,3,12H2,1-2H3,(H2,22,23,26). The first-order valence-corrected chi connectivity index (χ1v) is 8.97. The van der Waals surface area contributed by atoms with E-state index >= 15 is 0 Å². The molecule has 1 heterocycles. The maximum Gasteiger partial charge on any atom is 0.211 e. The third-order valence-corrected chi connectivity index (χ3v) is 4.26. The minimum atomic E-state index is 0.649. The van der Waals surface area contributed by atoms with Gasteiger partial charge in [0.2, 0.25) is 5.96 Å². The van der Waals surface area contributed by atoms with E-state index in [9.17, 15) is 0 Å². The van der Waals surface area contributed by atoms with E-state index in [-0.39, 0.29) is 0 Å². The van der Waals surface area contributed by atoms with Gasteiger partial charge in [-0.1, -0.05) is 48.9 Å². The van der Waals surface area contributed by atoms with Gasteiger partial charge in [-0.2, -0.15) is 5.10 Å². The van der Waals surface area contributed by atoms with Crippen LogP contribution in [0.4, 0.5) is 0 Å². The number of benzene rings is 2. The van der Waals surface area contributed by atoms with Crippen LogP contribution in [0.15, 0.2) is 58.6 Å². The number of aromatic amines is 1. The van der Waals surface area contributed by atoms with Crippen LogP contribution in [0.5, 0.6) is 0 Å². The molecule has 26 heavy (non-hydrogen) atoms. The number of aromatic nitrogens is 1. The molecule has 0 atom stereocenters. The Balaban J connectivity index is 1.94. The second-order valence-corrected chi connectivity index (χ2v) is 6.27. The highest BCUT2D eigenvalue weighted by Crippen LogP contribution is 2.29. The molecular weight excluding hydrogens is 346 g/mol. The Kier molecular flexibility index (Phi) is 5.92. The largest absolute Gasteiger partial charge is 0.355 e. The molecule has 0 saturated heterocycles. The number of aliphatic imine (C=N–C) groups is 1. The Morgan fingerprint density at radius 2 is 1.92 bits per heavy atom. The first-order chi connectivity index (χ1) is 12.7. The predicted molar refractivity (Wildman–Crippen MR) is 111 cm³/mol. The molecule has 0 bridgehead atoms. The number of halogens is 1. The first kappa shape index (κ1) is 18.0. The van der Waals surface area contributed by atoms with E-state index in [1.165, 1.54) is 0 Å². The Bertz CT molecular complexity index is 925. The fourth-order valence-corrected chi connectivity index (χ4v) is 2.84. The van der Waals surface area contributed by atoms with E-state index in [0.717, 1.165) is 40.7 Å². The van der Waals surface area contributed by atoms with Crippen molar-refractivity contribution in [2.45, 2.75) is 13.3 Å². The number of nitrogens with zero attached hydrogens (tertiary/aromatic N) is 2. The van der Waals surface area contributed by atoms with Gasteiger partial charge in [0, 0.05) is 35.1 Å². The van der Waals surface area contributed by atoms with Crippen molar-refractivity contribution in [1.82, 2.24) is 15.7 Å². The fourth-order valence-electron chi connectivity index (χ4n) is 2.71. The van der Waals surface area contributed by atoms with Gasteiger partial charge in [-0.05, 0) is 30.2 Å². The molecule has 0 fully saturated rings. The summed E-state index contributed by atoms with van der Waals surface area (Å²) < 4.78 is 0. The number of hydrogen-bond acceptors (Lipinski definition) is 2. The second kappa shape index (κ2) is 8.54. The molecular formula is C20H22ClN5. The van der Waals surface area contributed by atoms with E-state index in [0.29, 0.717) is 11.0 Å². The van der Waals surface area contributed by atoms with Gasteiger partial charge in [0.1, 0.15) is 0 Å². The average molecular weight is 368 g/mol. The molecule has 1 aromatic heterocycles. The number of guanidine groups is 1. The topological polar surface area (TPSA) is 64.6 Å². The molecule has 134 valence electrons. The molecule has 2 aromatic carbocycles. The zero-order valence-electron chi connectivity index (χ0n) is 14.9. The van der Waals surface area contributed by atoms with E-state index < -0.39 is 0 Å². The van der Waals surface area contributed by atoms with Crippen LogP contribution in [0.25, 0.3) is 22.2 Å². The fraction of sp³-hybridized carbons (Fsp3) is 0.200. The van der Waals surface area contributed by atoms with Crippen molar-refractivity contribution < 1.29 is 0 Å². The van der Waals surface area contributed by atoms with Crippen molar-refractivity contribution in [2.24, 2.45) is 10.1 Å². The summed E-state index contributed by atoms with van der Waals surface area (Å²) in [6.07, 6.45) is 2.84. The number of H-pyrrole nitrogens is 1. The predicted octanol–water partition coefficient (Wildman–Crippen LogP) is 4.40. The van der Waals surface area contributed by atoms with E-state index in [1.54, 1.807) is 7.05 Å². The molecule has 0 radical (unpaired) electrons. The smallest absolute Gasteiger partial charge is 0.211 e. The second-order valence-electron chi connectivity index (χ2n) is 5.84. The summed E-state index contributed by atoms with van der Waals surface area (Å²) in [5.41, 5.74) is 7.11. The molecule has 3 aromatic rings. The van der Waals surface area contributed by atoms with Gasteiger partial charge in [-0.3, -0.25) is 4.99 Å². The zero-order chi connectivity index (χ0) is 18.4. The number of para-hydroxylation sites is 1. The number of hydrazone groups is 1. The normalized spacial score (nSPS) is 12.0. The van der Waals surface area contributed by atoms with Crippen LogP contribution in [0.1, 0.15) is 18.9 Å². The lowest BCUT2D eigenvalue weighted by molar-refractivity contribution is 0.801. The van der Waals surface area contributed by atoms with Crippen LogP contribution in [0.3, 0.4) is 0 Å². The molecule has 5 nitrogen and oxygen atoms in total. The lowest BCUT2D eigenvalue weighted by Crippen LogP contribution is -2.34. The van der Waals surface area contributed by atoms with Crippen LogP contribution in [0, 0.1) is 0 Å². The molecule has 3 rings (SSSR count). The summed E-state index contributed by atoms with van der Waals surface area (Å²) in [5.74, 6) is 0.649. The van der Waals surface area contributed by atoms with Crippen LogP contribution in [-0.2, 0) is 0 Å². The van der Waals surface area contributed by atoms with Gasteiger partial charge in [0.05, 0.1) is 11.9 Å². The quantitative estimate of drug-likeness (QED) is 0.355. The maximum absolute atomic E-state index is 6.03. The molecule has 0 aliphatic heterocycles. The van der Waals surface area contributed by atoms with Crippen LogP contribution >= 0.6 is 11.6 Å². The van der Waals surface area contributed by atoms with Gasteiger partial charge in [-0.15, -0.1) is 0 Å². The summed E-state index contributed by atoms with van der Waals surface area (Å²) in [6.45, 7) is 2.95. The van der Waals surface area contributed by atoms with Gasteiger partial charge >= 0.3 is 0 Å². The molecule has 0 aliphatic carbocycles. The molecule has 0 spiro atoms. The number of rotatable bonds is 5. The van der Waals surface area contributed by atoms with Crippen molar-refractivity contribution >= 4 is 34.7 Å². The Hall–Kier alpha value is -2.79. The lowest BCUT2D eigenvalue weighted by atomic mass is 10.1. The Labute approximate surface area is 158 Å². The number of fused-ring (bicyclic) bond motifs is 1. The minimum absolute atomic E-state index is 0.649. The molecule has 0 aliphatic rings. The van der Waals surface area contributed by atoms with Gasteiger partial charge in [0.15, 0.2) is 0 Å². The SMILES string of the molecule is CCCNC(=NC)NN=Cc1c(-c2ccc(Cl)cc2)[nH]c2ccccc12. The lowest BCUT2D eigenvalue weighted by Gasteiger charge is -2.06. The molecule has 3 N–H and O–H groups in total. The highest BCUT2D eigenvalue weighted by atomic mass is 35.5. The number of nitrogens with one attached hydrogen (secondary N) is 3. The van der Waals surface area contributed by atoms with Crippen molar-refractivity contribution in [3.63, 3.8) is 0 Å². The minimum Gasteiger partial charge on any atom is -0.355 e. The average Bonchev–Trinajstić information content (AvgIpc) is 3.04. The van der Waals surface area contributed by atoms with Crippen molar-refractivity contribution in [2.75, 3.05) is 13.6 Å². The Morgan fingerprint density at radius 3 is 2.65 bits per heavy atom. The monoisotopic (exact) mass is 367 g/mol. The Morgan fingerprint density at radius 1 is 1.15 bits per heavy atom. The summed E-state index contributed by atoms with van der Waals surface area (Å²) in [7, 11) is 1.73. The maximum atomic E-state index is 6.03. The summed E-state index contributed by atoms with van der Waals surface area (Å²) in [6, 6.07) is 15.9. The molecule has 0 saturated carbocycles. The van der Waals surface area contributed by atoms with E-state index in [4.69, 9.17) is 11.6 Å². The molecule has 0 unspecified atom stereocenters. The summed E-state index contributed by atoms with van der Waals surface area (Å²) in [5, 5.41) is 9.39.